The molecule has 0 saturated carbocycles. The molecule has 0 aromatic carbocycles. The highest BCUT2D eigenvalue weighted by Gasteiger charge is 2.25. The van der Waals surface area contributed by atoms with Crippen LogP contribution in [0.2, 0.25) is 0 Å². The molecule has 1 unspecified atom stereocenters. The van der Waals surface area contributed by atoms with Gasteiger partial charge in [0.05, 0.1) is 4.88 Å². The first-order valence-electron chi connectivity index (χ1n) is 5.87. The Morgan fingerprint density at radius 2 is 2.24 bits per heavy atom. The second-order valence-electron chi connectivity index (χ2n) is 4.62. The summed E-state index contributed by atoms with van der Waals surface area (Å²) in [6.45, 7) is 3.72. The molecule has 0 bridgehead atoms. The summed E-state index contributed by atoms with van der Waals surface area (Å²) >= 11 is 4.87. The molecular formula is C12H17BrN2OS. The molecule has 2 heterocycles. The number of halogens is 1. The maximum atomic E-state index is 12.2. The number of hydrogen-bond donors (Lipinski definition) is 1. The molecule has 1 fully saturated rings. The van der Waals surface area contributed by atoms with Crippen molar-refractivity contribution < 1.29 is 4.79 Å². The second-order valence-corrected chi connectivity index (χ2v) is 6.44. The third-order valence-corrected chi connectivity index (χ3v) is 5.03. The monoisotopic (exact) mass is 316 g/mol. The van der Waals surface area contributed by atoms with Gasteiger partial charge in [-0.05, 0) is 47.7 Å². The smallest absolute Gasteiger partial charge is 0.263 e. The molecule has 0 spiro atoms. The maximum Gasteiger partial charge on any atom is 0.263 e. The second kappa shape index (κ2) is 5.50. The molecule has 5 heteroatoms. The van der Waals surface area contributed by atoms with Gasteiger partial charge in [0.15, 0.2) is 0 Å². The molecule has 1 amide bonds. The van der Waals surface area contributed by atoms with Gasteiger partial charge in [0.2, 0.25) is 0 Å². The first kappa shape index (κ1) is 13.1. The van der Waals surface area contributed by atoms with E-state index in [1.807, 2.05) is 16.3 Å². The van der Waals surface area contributed by atoms with Gasteiger partial charge in [0.25, 0.3) is 5.91 Å². The molecule has 1 aliphatic heterocycles. The lowest BCUT2D eigenvalue weighted by Crippen LogP contribution is -2.42. The predicted octanol–water partition coefficient (Wildman–Crippen LogP) is 2.71. The molecular weight excluding hydrogens is 300 g/mol. The minimum Gasteiger partial charge on any atom is -0.338 e. The van der Waals surface area contributed by atoms with Gasteiger partial charge < -0.3 is 10.6 Å². The van der Waals surface area contributed by atoms with Crippen molar-refractivity contribution in [2.75, 3.05) is 13.1 Å². The molecule has 1 saturated heterocycles. The fourth-order valence-electron chi connectivity index (χ4n) is 2.21. The van der Waals surface area contributed by atoms with Gasteiger partial charge in [-0.25, -0.2) is 0 Å². The largest absolute Gasteiger partial charge is 0.338 e. The van der Waals surface area contributed by atoms with Gasteiger partial charge in [0.1, 0.15) is 0 Å². The van der Waals surface area contributed by atoms with Gasteiger partial charge >= 0.3 is 0 Å². The summed E-state index contributed by atoms with van der Waals surface area (Å²) < 4.78 is 0.983. The van der Waals surface area contributed by atoms with E-state index in [1.165, 1.54) is 11.3 Å². The number of piperidine rings is 1. The van der Waals surface area contributed by atoms with Crippen molar-refractivity contribution in [3.63, 3.8) is 0 Å². The fraction of sp³-hybridized carbons (Fsp3) is 0.583. The van der Waals surface area contributed by atoms with E-state index in [4.69, 9.17) is 5.73 Å². The van der Waals surface area contributed by atoms with Gasteiger partial charge in [-0.15, -0.1) is 11.3 Å². The van der Waals surface area contributed by atoms with Gasteiger partial charge in [-0.1, -0.05) is 0 Å². The van der Waals surface area contributed by atoms with E-state index in [0.29, 0.717) is 5.92 Å². The number of carbonyl (C=O) groups excluding carboxylic acids is 1. The summed E-state index contributed by atoms with van der Waals surface area (Å²) in [5.74, 6) is 0.720. The van der Waals surface area contributed by atoms with Crippen molar-refractivity contribution in [2.24, 2.45) is 11.7 Å². The Hall–Kier alpha value is -0.390. The summed E-state index contributed by atoms with van der Waals surface area (Å²) in [6.07, 6.45) is 2.05. The van der Waals surface area contributed by atoms with Crippen LogP contribution in [0.25, 0.3) is 0 Å². The van der Waals surface area contributed by atoms with E-state index >= 15 is 0 Å². The van der Waals surface area contributed by atoms with E-state index in [2.05, 4.69) is 22.9 Å². The molecule has 1 atom stereocenters. The zero-order chi connectivity index (χ0) is 12.4. The van der Waals surface area contributed by atoms with Gasteiger partial charge in [-0.2, -0.15) is 0 Å². The fourth-order valence-corrected chi connectivity index (χ4v) is 3.60. The standard InChI is InChI=1S/C12H17BrN2OS/c1-8(14)9-2-4-15(5-3-9)12(16)11-6-10(13)7-17-11/h6-9H,2-5,14H2,1H3. The number of thiophene rings is 1. The normalized spacial score (nSPS) is 19.4. The lowest BCUT2D eigenvalue weighted by atomic mass is 9.91. The lowest BCUT2D eigenvalue weighted by molar-refractivity contribution is 0.0686. The van der Waals surface area contributed by atoms with Crippen LogP contribution in [-0.2, 0) is 0 Å². The topological polar surface area (TPSA) is 46.3 Å². The molecule has 17 heavy (non-hydrogen) atoms. The van der Waals surface area contributed by atoms with Crippen LogP contribution in [0.4, 0.5) is 0 Å². The van der Waals surface area contributed by atoms with Crippen LogP contribution in [0.3, 0.4) is 0 Å². The Kier molecular flexibility index (Phi) is 4.22. The third-order valence-electron chi connectivity index (χ3n) is 3.35. The van der Waals surface area contributed by atoms with Gasteiger partial charge in [-0.3, -0.25) is 4.79 Å². The van der Waals surface area contributed by atoms with Crippen molar-refractivity contribution in [3.8, 4) is 0 Å². The van der Waals surface area contributed by atoms with Crippen molar-refractivity contribution in [2.45, 2.75) is 25.8 Å². The quantitative estimate of drug-likeness (QED) is 0.911. The lowest BCUT2D eigenvalue weighted by Gasteiger charge is -2.33. The van der Waals surface area contributed by atoms with Crippen LogP contribution < -0.4 is 5.73 Å². The first-order valence-corrected chi connectivity index (χ1v) is 7.54. The van der Waals surface area contributed by atoms with E-state index in [0.717, 1.165) is 35.3 Å². The zero-order valence-electron chi connectivity index (χ0n) is 9.86. The Bertz CT molecular complexity index is 397. The van der Waals surface area contributed by atoms with Gasteiger partial charge in [0, 0.05) is 29.0 Å². The van der Waals surface area contributed by atoms with Crippen molar-refractivity contribution >= 4 is 33.2 Å². The van der Waals surface area contributed by atoms with E-state index < -0.39 is 0 Å². The van der Waals surface area contributed by atoms with Crippen LogP contribution in [0.15, 0.2) is 15.9 Å². The molecule has 3 nitrogen and oxygen atoms in total. The van der Waals surface area contributed by atoms with Crippen LogP contribution in [0.5, 0.6) is 0 Å². The molecule has 1 aliphatic rings. The van der Waals surface area contributed by atoms with Crippen LogP contribution >= 0.6 is 27.3 Å². The molecule has 1 aromatic heterocycles. The molecule has 0 radical (unpaired) electrons. The van der Waals surface area contributed by atoms with Crippen molar-refractivity contribution in [3.05, 3.63) is 20.8 Å². The number of nitrogens with two attached hydrogens (primary N) is 1. The highest BCUT2D eigenvalue weighted by molar-refractivity contribution is 9.10. The summed E-state index contributed by atoms with van der Waals surface area (Å²) in [7, 11) is 0. The molecule has 1 aromatic rings. The molecule has 2 N–H and O–H groups in total. The van der Waals surface area contributed by atoms with Crippen LogP contribution in [-0.4, -0.2) is 29.9 Å². The maximum absolute atomic E-state index is 12.2. The van der Waals surface area contributed by atoms with Crippen LogP contribution in [0.1, 0.15) is 29.4 Å². The number of hydrogen-bond acceptors (Lipinski definition) is 3. The Morgan fingerprint density at radius 1 is 1.59 bits per heavy atom. The summed E-state index contributed by atoms with van der Waals surface area (Å²) in [4.78, 5) is 14.9. The third kappa shape index (κ3) is 3.09. The van der Waals surface area contributed by atoms with Crippen molar-refractivity contribution in [1.29, 1.82) is 0 Å². The number of rotatable bonds is 2. The number of nitrogens with zero attached hydrogens (tertiary/aromatic N) is 1. The summed E-state index contributed by atoms with van der Waals surface area (Å²) in [6, 6.07) is 2.13. The number of carbonyl (C=O) groups is 1. The number of likely N-dealkylation sites (tertiary alicyclic amines) is 1. The summed E-state index contributed by atoms with van der Waals surface area (Å²) in [5, 5.41) is 1.95. The minimum absolute atomic E-state index is 0.156. The average molecular weight is 317 g/mol. The Balaban J connectivity index is 1.95. The summed E-state index contributed by atoms with van der Waals surface area (Å²) in [5.41, 5.74) is 5.90. The highest BCUT2D eigenvalue weighted by atomic mass is 79.9. The van der Waals surface area contributed by atoms with Crippen LogP contribution in [0, 0.1) is 5.92 Å². The first-order chi connectivity index (χ1) is 8.08. The average Bonchev–Trinajstić information content (AvgIpc) is 2.75. The number of amides is 1. The highest BCUT2D eigenvalue weighted by Crippen LogP contribution is 2.25. The van der Waals surface area contributed by atoms with Crippen molar-refractivity contribution in [1.82, 2.24) is 4.90 Å². The molecule has 2 rings (SSSR count). The predicted molar refractivity (Wildman–Crippen MR) is 74.3 cm³/mol. The zero-order valence-corrected chi connectivity index (χ0v) is 12.3. The Labute approximate surface area is 114 Å². The molecule has 94 valence electrons. The SMILES string of the molecule is CC(N)C1CCN(C(=O)c2cc(Br)cs2)CC1. The van der Waals surface area contributed by atoms with E-state index in [-0.39, 0.29) is 11.9 Å². The van der Waals surface area contributed by atoms with E-state index in [1.54, 1.807) is 0 Å². The molecule has 0 aliphatic carbocycles. The Morgan fingerprint density at radius 3 is 2.71 bits per heavy atom. The van der Waals surface area contributed by atoms with E-state index in [9.17, 15) is 4.79 Å². The minimum atomic E-state index is 0.156.